The summed E-state index contributed by atoms with van der Waals surface area (Å²) in [6.07, 6.45) is 16.4. The summed E-state index contributed by atoms with van der Waals surface area (Å²) >= 11 is 0. The van der Waals surface area contributed by atoms with E-state index in [0.29, 0.717) is 0 Å². The van der Waals surface area contributed by atoms with Gasteiger partial charge in [-0.1, -0.05) is 84.0 Å². The Kier molecular flexibility index (Phi) is 17.5. The first kappa shape index (κ1) is 21.1. The molecule has 22 heavy (non-hydrogen) atoms. The van der Waals surface area contributed by atoms with Gasteiger partial charge in [-0.2, -0.15) is 11.1 Å². The van der Waals surface area contributed by atoms with Crippen molar-refractivity contribution in [3.63, 3.8) is 0 Å². The van der Waals surface area contributed by atoms with Crippen LogP contribution in [0.25, 0.3) is 0 Å². The number of carboxylic acid groups (broad SMARTS) is 1. The molecule has 0 aliphatic rings. The maximum Gasteiger partial charge on any atom is 0.420 e. The molecule has 132 valence electrons. The van der Waals surface area contributed by atoms with Crippen LogP contribution in [0.15, 0.2) is 0 Å². The van der Waals surface area contributed by atoms with E-state index < -0.39 is 6.09 Å². The molecule has 0 fully saturated rings. The van der Waals surface area contributed by atoms with Crippen molar-refractivity contribution in [2.45, 2.75) is 90.4 Å². The van der Waals surface area contributed by atoms with Crippen LogP contribution < -0.4 is 21.9 Å². The van der Waals surface area contributed by atoms with Crippen molar-refractivity contribution in [2.24, 2.45) is 0 Å². The first-order chi connectivity index (χ1) is 10.8. The molecular weight excluding hydrogens is 280 g/mol. The maximum atomic E-state index is 10.1. The van der Waals surface area contributed by atoms with E-state index in [1.807, 2.05) is 5.43 Å². The molecule has 0 aliphatic carbocycles. The Balaban J connectivity index is 2.95. The number of rotatable bonds is 17. The van der Waals surface area contributed by atoms with Crippen molar-refractivity contribution in [3.8, 4) is 0 Å². The highest BCUT2D eigenvalue weighted by Gasteiger charge is 1.94. The Morgan fingerprint density at radius 2 is 1.18 bits per heavy atom. The lowest BCUT2D eigenvalue weighted by Gasteiger charge is -2.07. The summed E-state index contributed by atoms with van der Waals surface area (Å²) in [5.41, 5.74) is 9.77. The fraction of sp³-hybridized carbons (Fsp3) is 0.938. The molecule has 0 saturated heterocycles. The van der Waals surface area contributed by atoms with Gasteiger partial charge in [0.1, 0.15) is 0 Å². The molecule has 6 heteroatoms. The van der Waals surface area contributed by atoms with Gasteiger partial charge >= 0.3 is 6.09 Å². The number of hydrazine groups is 3. The fourth-order valence-corrected chi connectivity index (χ4v) is 2.42. The van der Waals surface area contributed by atoms with Crippen molar-refractivity contribution < 1.29 is 9.90 Å². The molecule has 0 spiro atoms. The fourth-order valence-electron chi connectivity index (χ4n) is 2.42. The zero-order chi connectivity index (χ0) is 16.3. The molecule has 0 radical (unpaired) electrons. The summed E-state index contributed by atoms with van der Waals surface area (Å²) in [7, 11) is 0. The number of hydrogen-bond donors (Lipinski definition) is 5. The lowest BCUT2D eigenvalue weighted by molar-refractivity contribution is 0.183. The molecule has 5 N–H and O–H groups in total. The minimum absolute atomic E-state index is 0.825. The molecule has 0 unspecified atom stereocenters. The topological polar surface area (TPSA) is 85.4 Å². The van der Waals surface area contributed by atoms with Gasteiger partial charge in [0.25, 0.3) is 0 Å². The number of nitrogens with one attached hydrogen (secondary N) is 4. The van der Waals surface area contributed by atoms with Crippen molar-refractivity contribution in [1.82, 2.24) is 21.9 Å². The van der Waals surface area contributed by atoms with Crippen LogP contribution >= 0.6 is 0 Å². The second kappa shape index (κ2) is 18.2. The SMILES string of the molecule is CCCCCCCCCCCCCCCNNNNC(=O)O. The molecule has 0 aromatic rings. The number of hydrogen-bond acceptors (Lipinski definition) is 4. The Hall–Kier alpha value is -0.850. The van der Waals surface area contributed by atoms with Crippen LogP contribution in [0.5, 0.6) is 0 Å². The smallest absolute Gasteiger partial charge is 0.420 e. The van der Waals surface area contributed by atoms with E-state index in [0.717, 1.165) is 13.0 Å². The van der Waals surface area contributed by atoms with E-state index in [9.17, 15) is 4.79 Å². The van der Waals surface area contributed by atoms with E-state index in [2.05, 4.69) is 23.4 Å². The van der Waals surface area contributed by atoms with Crippen LogP contribution in [0.4, 0.5) is 4.79 Å². The number of unbranched alkanes of at least 4 members (excludes halogenated alkanes) is 12. The third-order valence-corrected chi connectivity index (χ3v) is 3.73. The Morgan fingerprint density at radius 3 is 1.64 bits per heavy atom. The van der Waals surface area contributed by atoms with Crippen LogP contribution in [-0.2, 0) is 0 Å². The summed E-state index contributed by atoms with van der Waals surface area (Å²) in [4.78, 5) is 10.1. The van der Waals surface area contributed by atoms with Gasteiger partial charge in [-0.15, -0.1) is 0 Å². The first-order valence-corrected chi connectivity index (χ1v) is 8.99. The van der Waals surface area contributed by atoms with E-state index in [4.69, 9.17) is 5.11 Å². The van der Waals surface area contributed by atoms with Gasteiger partial charge in [0, 0.05) is 6.54 Å². The molecular formula is C16H36N4O2. The summed E-state index contributed by atoms with van der Waals surface area (Å²) in [6.45, 7) is 3.09. The van der Waals surface area contributed by atoms with Gasteiger partial charge in [-0.3, -0.25) is 0 Å². The molecule has 0 atom stereocenters. The van der Waals surface area contributed by atoms with Crippen molar-refractivity contribution in [2.75, 3.05) is 6.54 Å². The summed E-state index contributed by atoms with van der Waals surface area (Å²) < 4.78 is 0. The van der Waals surface area contributed by atoms with E-state index in [-0.39, 0.29) is 0 Å². The number of carbonyl (C=O) groups is 1. The average molecular weight is 316 g/mol. The highest BCUT2D eigenvalue weighted by Crippen LogP contribution is 2.12. The van der Waals surface area contributed by atoms with Crippen LogP contribution in [0.3, 0.4) is 0 Å². The van der Waals surface area contributed by atoms with Gasteiger partial charge in [0.15, 0.2) is 0 Å². The molecule has 0 aromatic heterocycles. The van der Waals surface area contributed by atoms with Crippen molar-refractivity contribution in [3.05, 3.63) is 0 Å². The lowest BCUT2D eigenvalue weighted by atomic mass is 10.0. The summed E-state index contributed by atoms with van der Waals surface area (Å²) in [5.74, 6) is 0. The van der Waals surface area contributed by atoms with Crippen LogP contribution in [0.2, 0.25) is 0 Å². The van der Waals surface area contributed by atoms with Crippen LogP contribution in [0, 0.1) is 0 Å². The third-order valence-electron chi connectivity index (χ3n) is 3.73. The highest BCUT2D eigenvalue weighted by atomic mass is 16.4. The van der Waals surface area contributed by atoms with E-state index >= 15 is 0 Å². The average Bonchev–Trinajstić information content (AvgIpc) is 2.50. The van der Waals surface area contributed by atoms with Gasteiger partial charge in [-0.25, -0.2) is 15.6 Å². The van der Waals surface area contributed by atoms with Gasteiger partial charge in [0.2, 0.25) is 0 Å². The van der Waals surface area contributed by atoms with Crippen LogP contribution in [-0.4, -0.2) is 17.7 Å². The molecule has 6 nitrogen and oxygen atoms in total. The highest BCUT2D eigenvalue weighted by molar-refractivity contribution is 5.63. The first-order valence-electron chi connectivity index (χ1n) is 8.99. The normalized spacial score (nSPS) is 10.8. The zero-order valence-electron chi connectivity index (χ0n) is 14.3. The maximum absolute atomic E-state index is 10.1. The van der Waals surface area contributed by atoms with Crippen molar-refractivity contribution >= 4 is 6.09 Å². The predicted molar refractivity (Wildman–Crippen MR) is 91.1 cm³/mol. The van der Waals surface area contributed by atoms with Crippen LogP contribution in [0.1, 0.15) is 90.4 Å². The minimum atomic E-state index is -1.12. The van der Waals surface area contributed by atoms with Gasteiger partial charge in [0.05, 0.1) is 0 Å². The molecule has 0 aromatic carbocycles. The second-order valence-electron chi connectivity index (χ2n) is 5.85. The predicted octanol–water partition coefficient (Wildman–Crippen LogP) is 3.86. The monoisotopic (exact) mass is 316 g/mol. The molecule has 0 heterocycles. The van der Waals surface area contributed by atoms with E-state index in [1.54, 1.807) is 0 Å². The largest absolute Gasteiger partial charge is 0.464 e. The van der Waals surface area contributed by atoms with Gasteiger partial charge < -0.3 is 5.11 Å². The quantitative estimate of drug-likeness (QED) is 0.208. The molecule has 0 aliphatic heterocycles. The molecule has 0 saturated carbocycles. The summed E-state index contributed by atoms with van der Waals surface area (Å²) in [5, 5.41) is 8.30. The minimum Gasteiger partial charge on any atom is -0.464 e. The summed E-state index contributed by atoms with van der Waals surface area (Å²) in [6, 6.07) is 0. The Morgan fingerprint density at radius 1 is 0.727 bits per heavy atom. The Bertz CT molecular complexity index is 240. The third kappa shape index (κ3) is 19.1. The Labute approximate surface area is 135 Å². The molecule has 1 amide bonds. The van der Waals surface area contributed by atoms with Crippen molar-refractivity contribution in [1.29, 1.82) is 0 Å². The van der Waals surface area contributed by atoms with E-state index in [1.165, 1.54) is 77.0 Å². The standard InChI is InChI=1S/C16H36N4O2/c1-2-3-4-5-6-7-8-9-10-11-12-13-14-15-17-19-20-18-16(21)22/h17-20H,2-15H2,1H3,(H,21,22). The lowest BCUT2D eigenvalue weighted by Crippen LogP contribution is -2.52. The number of amides is 1. The molecule has 0 bridgehead atoms. The zero-order valence-corrected chi connectivity index (χ0v) is 14.3. The van der Waals surface area contributed by atoms with Gasteiger partial charge in [-0.05, 0) is 6.42 Å². The second-order valence-corrected chi connectivity index (χ2v) is 5.85. The molecule has 0 rings (SSSR count).